The minimum absolute atomic E-state index is 0.138. The van der Waals surface area contributed by atoms with Crippen LogP contribution in [-0.2, 0) is 20.0 Å². The van der Waals surface area contributed by atoms with Crippen LogP contribution in [0.1, 0.15) is 48.4 Å². The van der Waals surface area contributed by atoms with Gasteiger partial charge in [0.15, 0.2) is 0 Å². The lowest BCUT2D eigenvalue weighted by molar-refractivity contribution is 0.272. The SMILES string of the molecule is CCC(C)c1ccc(S(=O)(=O)N2CCN(S(=O)(=O)c3c(C)cc(C)cc3C)CC2)cc1. The predicted molar refractivity (Wildman–Crippen MR) is 123 cm³/mol. The van der Waals surface area contributed by atoms with E-state index >= 15 is 0 Å². The van der Waals surface area contributed by atoms with E-state index in [9.17, 15) is 16.8 Å². The first kappa shape index (κ1) is 23.9. The summed E-state index contributed by atoms with van der Waals surface area (Å²) in [7, 11) is -7.33. The van der Waals surface area contributed by atoms with Crippen LogP contribution in [0, 0.1) is 20.8 Å². The molecule has 2 aromatic rings. The molecule has 0 saturated carbocycles. The molecule has 31 heavy (non-hydrogen) atoms. The van der Waals surface area contributed by atoms with Crippen LogP contribution in [0.5, 0.6) is 0 Å². The Morgan fingerprint density at radius 1 is 0.806 bits per heavy atom. The summed E-state index contributed by atoms with van der Waals surface area (Å²) in [6.45, 7) is 10.3. The molecule has 0 aliphatic carbocycles. The number of benzene rings is 2. The number of piperazine rings is 1. The lowest BCUT2D eigenvalue weighted by Crippen LogP contribution is -2.50. The van der Waals surface area contributed by atoms with Crippen molar-refractivity contribution < 1.29 is 16.8 Å². The molecule has 0 spiro atoms. The Balaban J connectivity index is 1.77. The van der Waals surface area contributed by atoms with E-state index in [1.165, 1.54) is 8.61 Å². The van der Waals surface area contributed by atoms with Crippen LogP contribution >= 0.6 is 0 Å². The average molecular weight is 465 g/mol. The van der Waals surface area contributed by atoms with E-state index in [4.69, 9.17) is 0 Å². The Kier molecular flexibility index (Phi) is 6.96. The van der Waals surface area contributed by atoms with Crippen LogP contribution < -0.4 is 0 Å². The molecule has 3 rings (SSSR count). The zero-order valence-corrected chi connectivity index (χ0v) is 20.6. The van der Waals surface area contributed by atoms with Gasteiger partial charge in [0.2, 0.25) is 20.0 Å². The highest BCUT2D eigenvalue weighted by atomic mass is 32.2. The fraction of sp³-hybridized carbons (Fsp3) is 0.478. The zero-order chi connectivity index (χ0) is 23.0. The van der Waals surface area contributed by atoms with Crippen molar-refractivity contribution in [2.75, 3.05) is 26.2 Å². The molecule has 0 radical (unpaired) electrons. The number of hydrogen-bond donors (Lipinski definition) is 0. The first-order valence-corrected chi connectivity index (χ1v) is 13.5. The lowest BCUT2D eigenvalue weighted by Gasteiger charge is -2.34. The van der Waals surface area contributed by atoms with E-state index in [1.54, 1.807) is 26.0 Å². The van der Waals surface area contributed by atoms with E-state index in [0.717, 1.165) is 17.5 Å². The maximum absolute atomic E-state index is 13.3. The summed E-state index contributed by atoms with van der Waals surface area (Å²) in [6, 6.07) is 10.8. The first-order valence-electron chi connectivity index (χ1n) is 10.7. The third-order valence-electron chi connectivity index (χ3n) is 6.10. The zero-order valence-electron chi connectivity index (χ0n) is 18.9. The molecule has 6 nitrogen and oxygen atoms in total. The molecule has 1 aliphatic rings. The Morgan fingerprint density at radius 2 is 1.26 bits per heavy atom. The van der Waals surface area contributed by atoms with Gasteiger partial charge in [-0.1, -0.05) is 43.7 Å². The van der Waals surface area contributed by atoms with Crippen LogP contribution in [0.25, 0.3) is 0 Å². The van der Waals surface area contributed by atoms with Crippen LogP contribution in [0.4, 0.5) is 0 Å². The van der Waals surface area contributed by atoms with E-state index in [1.807, 2.05) is 31.2 Å². The second-order valence-electron chi connectivity index (χ2n) is 8.41. The normalized spacial score (nSPS) is 17.6. The Morgan fingerprint density at radius 3 is 1.71 bits per heavy atom. The van der Waals surface area contributed by atoms with Crippen molar-refractivity contribution in [2.24, 2.45) is 0 Å². The van der Waals surface area contributed by atoms with Gasteiger partial charge in [-0.2, -0.15) is 8.61 Å². The molecule has 170 valence electrons. The molecule has 2 aromatic carbocycles. The molecule has 0 bridgehead atoms. The molecule has 1 heterocycles. The molecule has 0 aromatic heterocycles. The smallest absolute Gasteiger partial charge is 0.207 e. The third kappa shape index (κ3) is 4.72. The van der Waals surface area contributed by atoms with Gasteiger partial charge in [0.05, 0.1) is 9.79 Å². The van der Waals surface area contributed by atoms with E-state index in [2.05, 4.69) is 13.8 Å². The van der Waals surface area contributed by atoms with Crippen molar-refractivity contribution in [1.29, 1.82) is 0 Å². The van der Waals surface area contributed by atoms with Crippen molar-refractivity contribution >= 4 is 20.0 Å². The number of sulfonamides is 2. The van der Waals surface area contributed by atoms with E-state index in [-0.39, 0.29) is 31.1 Å². The van der Waals surface area contributed by atoms with Gasteiger partial charge in [0.1, 0.15) is 0 Å². The molecule has 1 aliphatic heterocycles. The standard InChI is InChI=1S/C23H32N2O4S2/c1-6-18(3)21-7-9-22(10-8-21)30(26,27)24-11-13-25(14-12-24)31(28,29)23-19(4)15-17(2)16-20(23)5/h7-10,15-16,18H,6,11-14H2,1-5H3. The quantitative estimate of drug-likeness (QED) is 0.651. The third-order valence-corrected chi connectivity index (χ3v) is 10.2. The Labute approximate surface area is 187 Å². The average Bonchev–Trinajstić information content (AvgIpc) is 2.72. The minimum Gasteiger partial charge on any atom is -0.207 e. The number of rotatable bonds is 6. The predicted octanol–water partition coefficient (Wildman–Crippen LogP) is 3.82. The lowest BCUT2D eigenvalue weighted by atomic mass is 9.99. The highest BCUT2D eigenvalue weighted by molar-refractivity contribution is 7.89. The number of aryl methyl sites for hydroxylation is 3. The van der Waals surface area contributed by atoms with E-state index in [0.29, 0.717) is 21.9 Å². The van der Waals surface area contributed by atoms with Crippen molar-refractivity contribution in [1.82, 2.24) is 8.61 Å². The van der Waals surface area contributed by atoms with Crippen molar-refractivity contribution in [2.45, 2.75) is 56.7 Å². The van der Waals surface area contributed by atoms with Crippen molar-refractivity contribution in [3.8, 4) is 0 Å². The van der Waals surface area contributed by atoms with E-state index < -0.39 is 20.0 Å². The summed E-state index contributed by atoms with van der Waals surface area (Å²) in [6.07, 6.45) is 0.989. The molecule has 1 atom stereocenters. The van der Waals surface area contributed by atoms with Gasteiger partial charge in [-0.05, 0) is 61.9 Å². The fourth-order valence-electron chi connectivity index (χ4n) is 4.21. The molecule has 1 fully saturated rings. The molecule has 8 heteroatoms. The summed E-state index contributed by atoms with van der Waals surface area (Å²) in [5.74, 6) is 0.374. The molecule has 1 saturated heterocycles. The van der Waals surface area contributed by atoms with Gasteiger partial charge in [-0.3, -0.25) is 0 Å². The van der Waals surface area contributed by atoms with Gasteiger partial charge < -0.3 is 0 Å². The highest BCUT2D eigenvalue weighted by Gasteiger charge is 2.35. The largest absolute Gasteiger partial charge is 0.243 e. The van der Waals surface area contributed by atoms with Gasteiger partial charge in [-0.25, -0.2) is 16.8 Å². The first-order chi connectivity index (χ1) is 14.5. The topological polar surface area (TPSA) is 74.8 Å². The number of nitrogens with zero attached hydrogens (tertiary/aromatic N) is 2. The molecule has 1 unspecified atom stereocenters. The second kappa shape index (κ2) is 9.02. The van der Waals surface area contributed by atoms with Crippen molar-refractivity contribution in [3.63, 3.8) is 0 Å². The fourth-order valence-corrected chi connectivity index (χ4v) is 7.46. The second-order valence-corrected chi connectivity index (χ2v) is 12.2. The summed E-state index contributed by atoms with van der Waals surface area (Å²) in [4.78, 5) is 0.580. The van der Waals surface area contributed by atoms with Crippen LogP contribution in [0.15, 0.2) is 46.2 Å². The molecule has 0 N–H and O–H groups in total. The van der Waals surface area contributed by atoms with Crippen LogP contribution in [0.2, 0.25) is 0 Å². The molecular weight excluding hydrogens is 432 g/mol. The van der Waals surface area contributed by atoms with Gasteiger partial charge >= 0.3 is 0 Å². The minimum atomic E-state index is -3.68. The van der Waals surface area contributed by atoms with Gasteiger partial charge in [0, 0.05) is 26.2 Å². The molecular formula is C23H32N2O4S2. The highest BCUT2D eigenvalue weighted by Crippen LogP contribution is 2.28. The van der Waals surface area contributed by atoms with Crippen molar-refractivity contribution in [3.05, 3.63) is 58.7 Å². The summed E-state index contributed by atoms with van der Waals surface area (Å²) >= 11 is 0. The summed E-state index contributed by atoms with van der Waals surface area (Å²) < 4.78 is 55.4. The number of hydrogen-bond acceptors (Lipinski definition) is 4. The maximum atomic E-state index is 13.3. The van der Waals surface area contributed by atoms with Gasteiger partial charge in [-0.15, -0.1) is 0 Å². The molecule has 0 amide bonds. The monoisotopic (exact) mass is 464 g/mol. The van der Waals surface area contributed by atoms with Crippen LogP contribution in [-0.4, -0.2) is 51.6 Å². The van der Waals surface area contributed by atoms with Crippen LogP contribution in [0.3, 0.4) is 0 Å². The summed E-state index contributed by atoms with van der Waals surface area (Å²) in [5, 5.41) is 0. The Hall–Kier alpha value is -1.74. The summed E-state index contributed by atoms with van der Waals surface area (Å²) in [5.41, 5.74) is 3.56. The van der Waals surface area contributed by atoms with Gasteiger partial charge in [0.25, 0.3) is 0 Å². The maximum Gasteiger partial charge on any atom is 0.243 e. The Bertz CT molecular complexity index is 1130.